The van der Waals surface area contributed by atoms with Gasteiger partial charge in [-0.25, -0.2) is 25.3 Å². The summed E-state index contributed by atoms with van der Waals surface area (Å²) in [4.78, 5) is 1.56. The molecule has 18 nitrogen and oxygen atoms in total. The van der Waals surface area contributed by atoms with Gasteiger partial charge >= 0.3 is 0 Å². The normalized spacial score (nSPS) is 13.9. The van der Waals surface area contributed by atoms with E-state index >= 15 is 0 Å². The minimum atomic E-state index is -3.99. The van der Waals surface area contributed by atoms with E-state index in [0.29, 0.717) is 87.1 Å². The van der Waals surface area contributed by atoms with Crippen LogP contribution in [-0.4, -0.2) is 85.4 Å². The summed E-state index contributed by atoms with van der Waals surface area (Å²) in [5.74, 6) is 2.68. The second-order valence-electron chi connectivity index (χ2n) is 26.6. The third-order valence-corrected chi connectivity index (χ3v) is 24.8. The zero-order valence-electron chi connectivity index (χ0n) is 58.6. The maximum atomic E-state index is 13.4. The monoisotopic (exact) mass is 1530 g/mol. The van der Waals surface area contributed by atoms with Gasteiger partial charge in [-0.2, -0.15) is 0 Å². The van der Waals surface area contributed by atoms with E-state index in [1.54, 1.807) is 146 Å². The number of benzene rings is 10. The number of aromatic hydroxyl groups is 3. The minimum Gasteiger partial charge on any atom is -0.512 e. The number of sulfonamides is 3. The maximum Gasteiger partial charge on any atom is 0.262 e. The van der Waals surface area contributed by atoms with Gasteiger partial charge in [0.2, 0.25) is 0 Å². The number of phenols is 3. The fourth-order valence-electron chi connectivity index (χ4n) is 12.1. The standard InChI is InChI=1S/C29H29NO5S2.2C26H29NO5S2/c1-19(31)18-36-27-17-26(24-10-5-6-11-25(24)28(27)32)30-37(33,34)23-9-7-8-22(16-23)35-21-14-12-20(13-15-21)29(2,3)4;1-18(28)17-33-25-16-24(22-13-6-7-14-23(22)26(25)29)27-34(30,31)21-12-8-11-20(15-21)32-19-9-4-2-3-5-10-19;1-18(28)17-33-25-16-24(22-10-6-7-11-23(22)26(25)29)27-34(30,31)21-14-12-20(13-15-21)32-19-8-4-2-3-5-9-19/h5-17,30-32H,1,18H2,2-4H3;6-8,11-16,19,27-29H,1-5,9-10,17H2;6-7,10-16,19,27-29H,1-5,8-9,17H2. The summed E-state index contributed by atoms with van der Waals surface area (Å²) >= 11 is 3.51. The molecule has 0 aromatic heterocycles. The van der Waals surface area contributed by atoms with Crippen molar-refractivity contribution in [3.05, 3.63) is 231 Å². The molecule has 2 aliphatic rings. The number of rotatable bonds is 24. The van der Waals surface area contributed by atoms with Gasteiger partial charge in [0.1, 0.15) is 40.2 Å². The smallest absolute Gasteiger partial charge is 0.262 e. The van der Waals surface area contributed by atoms with Crippen molar-refractivity contribution in [3.63, 3.8) is 0 Å². The van der Waals surface area contributed by atoms with Crippen LogP contribution in [0.2, 0.25) is 0 Å². The van der Waals surface area contributed by atoms with E-state index in [-0.39, 0.29) is 84.1 Å². The Hall–Kier alpha value is -9.30. The number of hydrogen-bond donors (Lipinski definition) is 9. The van der Waals surface area contributed by atoms with Crippen molar-refractivity contribution in [2.75, 3.05) is 31.4 Å². The highest BCUT2D eigenvalue weighted by Crippen LogP contribution is 2.45. The summed E-state index contributed by atoms with van der Waals surface area (Å²) < 4.78 is 106. The molecule has 552 valence electrons. The molecule has 0 amide bonds. The summed E-state index contributed by atoms with van der Waals surface area (Å²) in [6.07, 6.45) is 13.8. The number of phenolic OH excluding ortho intramolecular Hbond substituents is 3. The van der Waals surface area contributed by atoms with E-state index in [1.165, 1.54) is 73.0 Å². The fourth-order valence-corrected chi connectivity index (χ4v) is 17.7. The molecule has 105 heavy (non-hydrogen) atoms. The van der Waals surface area contributed by atoms with Crippen molar-refractivity contribution in [2.24, 2.45) is 0 Å². The van der Waals surface area contributed by atoms with Crippen LogP contribution in [0.5, 0.6) is 40.2 Å². The Bertz CT molecular complexity index is 5110. The van der Waals surface area contributed by atoms with Crippen molar-refractivity contribution >= 4 is 115 Å². The third-order valence-electron chi connectivity index (χ3n) is 17.4. The van der Waals surface area contributed by atoms with Crippen LogP contribution in [-0.2, 0) is 35.5 Å². The Kier molecular flexibility index (Phi) is 26.2. The first-order valence-electron chi connectivity index (χ1n) is 34.3. The SMILES string of the molecule is C=C(O)CSc1cc(NS(=O)(=O)c2ccc(OC3CCCCCC3)cc2)c2ccccc2c1O.C=C(O)CSc1cc(NS(=O)(=O)c2cccc(OC3CCCCCC3)c2)c2ccccc2c1O.C=C(O)CSc1cc(NS(=O)(=O)c2cccc(Oc3ccc(C(C)(C)C)cc3)c2)c2ccccc2c1O. The first-order valence-corrected chi connectivity index (χ1v) is 41.7. The molecule has 0 spiro atoms. The Morgan fingerprint density at radius 1 is 0.390 bits per heavy atom. The first-order chi connectivity index (χ1) is 50.1. The summed E-state index contributed by atoms with van der Waals surface area (Å²) in [5, 5.41) is 63.7. The summed E-state index contributed by atoms with van der Waals surface area (Å²) in [6, 6.07) is 52.8. The highest BCUT2D eigenvalue weighted by molar-refractivity contribution is 8.00. The van der Waals surface area contributed by atoms with Gasteiger partial charge < -0.3 is 44.8 Å². The highest BCUT2D eigenvalue weighted by atomic mass is 32.2. The Labute approximate surface area is 627 Å². The number of aliphatic hydroxyl groups is 3. The van der Waals surface area contributed by atoms with Crippen molar-refractivity contribution in [2.45, 2.75) is 145 Å². The van der Waals surface area contributed by atoms with Crippen LogP contribution in [0.3, 0.4) is 0 Å². The highest BCUT2D eigenvalue weighted by Gasteiger charge is 2.25. The molecule has 24 heteroatoms. The van der Waals surface area contributed by atoms with E-state index in [2.05, 4.69) is 54.7 Å². The van der Waals surface area contributed by atoms with Crippen LogP contribution >= 0.6 is 35.3 Å². The molecule has 0 saturated heterocycles. The van der Waals surface area contributed by atoms with Crippen LogP contribution in [0.25, 0.3) is 32.3 Å². The number of hydrogen-bond acceptors (Lipinski definition) is 18. The maximum absolute atomic E-state index is 13.4. The van der Waals surface area contributed by atoms with Gasteiger partial charge in [-0.3, -0.25) is 14.2 Å². The van der Waals surface area contributed by atoms with Gasteiger partial charge in [-0.15, -0.1) is 35.3 Å². The average molecular weight is 1530 g/mol. The topological polar surface area (TPSA) is 288 Å². The molecule has 10 aromatic carbocycles. The summed E-state index contributed by atoms with van der Waals surface area (Å²) in [6.45, 7) is 16.8. The van der Waals surface area contributed by atoms with Crippen molar-refractivity contribution in [3.8, 4) is 40.2 Å². The van der Waals surface area contributed by atoms with Gasteiger partial charge in [0.15, 0.2) is 0 Å². The molecule has 2 fully saturated rings. The lowest BCUT2D eigenvalue weighted by Crippen LogP contribution is -2.16. The molecular formula is C81H87N3O15S6. The number of thioether (sulfide) groups is 3. The molecule has 0 bridgehead atoms. The zero-order chi connectivity index (χ0) is 75.1. The van der Waals surface area contributed by atoms with Gasteiger partial charge in [0.05, 0.1) is 93.2 Å². The van der Waals surface area contributed by atoms with E-state index < -0.39 is 30.1 Å². The number of aliphatic hydroxyl groups excluding tert-OH is 3. The molecule has 0 unspecified atom stereocenters. The average Bonchev–Trinajstić information content (AvgIpc) is 0.903. The lowest BCUT2D eigenvalue weighted by molar-refractivity contribution is 0.183. The van der Waals surface area contributed by atoms with Crippen LogP contribution in [0, 0.1) is 0 Å². The molecule has 12 rings (SSSR count). The van der Waals surface area contributed by atoms with Crippen LogP contribution in [0.15, 0.2) is 254 Å². The molecule has 0 aliphatic heterocycles. The second-order valence-corrected chi connectivity index (χ2v) is 34.7. The lowest BCUT2D eigenvalue weighted by Gasteiger charge is -2.19. The third kappa shape index (κ3) is 21.2. The molecule has 2 aliphatic carbocycles. The number of anilines is 3. The Morgan fingerprint density at radius 3 is 1.08 bits per heavy atom. The van der Waals surface area contributed by atoms with Gasteiger partial charge in [0, 0.05) is 44.5 Å². The summed E-state index contributed by atoms with van der Waals surface area (Å²) in [5.41, 5.74) is 2.18. The summed E-state index contributed by atoms with van der Waals surface area (Å²) in [7, 11) is -11.8. The number of nitrogens with one attached hydrogen (secondary N) is 3. The molecule has 9 N–H and O–H groups in total. The van der Waals surface area contributed by atoms with Crippen molar-refractivity contribution in [1.82, 2.24) is 0 Å². The molecular weight excluding hydrogens is 1450 g/mol. The lowest BCUT2D eigenvalue weighted by atomic mass is 9.87. The van der Waals surface area contributed by atoms with Crippen molar-refractivity contribution < 1.29 is 70.1 Å². The molecule has 2 saturated carbocycles. The Balaban J connectivity index is 0.000000169. The predicted octanol–water partition coefficient (Wildman–Crippen LogP) is 20.8. The Morgan fingerprint density at radius 2 is 0.714 bits per heavy atom. The largest absolute Gasteiger partial charge is 0.512 e. The van der Waals surface area contributed by atoms with Crippen molar-refractivity contribution in [1.29, 1.82) is 0 Å². The predicted molar refractivity (Wildman–Crippen MR) is 426 cm³/mol. The van der Waals surface area contributed by atoms with Crippen LogP contribution < -0.4 is 28.4 Å². The van der Waals surface area contributed by atoms with E-state index in [4.69, 9.17) is 14.2 Å². The minimum absolute atomic E-state index is 0.0117. The first kappa shape index (κ1) is 78.3. The molecule has 0 radical (unpaired) electrons. The van der Waals surface area contributed by atoms with E-state index in [9.17, 15) is 55.9 Å². The van der Waals surface area contributed by atoms with Gasteiger partial charge in [-0.1, -0.05) is 163 Å². The van der Waals surface area contributed by atoms with Gasteiger partial charge in [0.25, 0.3) is 30.1 Å². The number of ether oxygens (including phenoxy) is 3. The van der Waals surface area contributed by atoms with E-state index in [1.807, 2.05) is 24.3 Å². The quantitative estimate of drug-likeness (QED) is 0.0118. The molecule has 10 aromatic rings. The fraction of sp³-hybridized carbons (Fsp3) is 0.259. The van der Waals surface area contributed by atoms with E-state index in [0.717, 1.165) is 63.1 Å². The van der Waals surface area contributed by atoms with Gasteiger partial charge in [-0.05, 0) is 141 Å². The molecule has 0 heterocycles. The number of fused-ring (bicyclic) bond motifs is 3. The van der Waals surface area contributed by atoms with Crippen LogP contribution in [0.1, 0.15) is 103 Å². The van der Waals surface area contributed by atoms with Crippen LogP contribution in [0.4, 0.5) is 17.1 Å². The second kappa shape index (κ2) is 35.2. The molecule has 0 atom stereocenters. The zero-order valence-corrected chi connectivity index (χ0v) is 63.5.